The number of carbonyl (C=O) groups is 2. The highest BCUT2D eigenvalue weighted by Crippen LogP contribution is 2.33. The highest BCUT2D eigenvalue weighted by atomic mass is 16.6. The molecule has 26 heavy (non-hydrogen) atoms. The van der Waals surface area contributed by atoms with Crippen LogP contribution < -0.4 is 9.47 Å². The maximum atomic E-state index is 12.7. The summed E-state index contributed by atoms with van der Waals surface area (Å²) in [6.45, 7) is 0.807. The number of nitro benzene ring substituents is 1. The van der Waals surface area contributed by atoms with Gasteiger partial charge in [-0.2, -0.15) is 0 Å². The van der Waals surface area contributed by atoms with Gasteiger partial charge in [-0.3, -0.25) is 19.7 Å². The van der Waals surface area contributed by atoms with Gasteiger partial charge in [0.15, 0.2) is 0 Å². The highest BCUT2D eigenvalue weighted by Gasteiger charge is 2.28. The van der Waals surface area contributed by atoms with E-state index in [0.717, 1.165) is 4.90 Å². The minimum absolute atomic E-state index is 0.00422. The quantitative estimate of drug-likeness (QED) is 0.586. The molecule has 0 aliphatic carbocycles. The molecule has 0 unspecified atom stereocenters. The number of hydrogen-bond acceptors (Lipinski definition) is 8. The van der Waals surface area contributed by atoms with E-state index in [1.165, 1.54) is 34.3 Å². The topological polar surface area (TPSA) is 145 Å². The molecule has 1 aromatic carbocycles. The van der Waals surface area contributed by atoms with Crippen molar-refractivity contribution >= 4 is 28.6 Å². The SMILES string of the molecule is COc1nc2cc([N+](=O)[O-])c(C)c(C(=O)N(C)CC(=O)O)c2nc1OC. The van der Waals surface area contributed by atoms with Crippen molar-refractivity contribution in [2.24, 2.45) is 0 Å². The van der Waals surface area contributed by atoms with E-state index in [1.807, 2.05) is 0 Å². The molecular formula is C15H16N4O7. The van der Waals surface area contributed by atoms with E-state index in [1.54, 1.807) is 0 Å². The summed E-state index contributed by atoms with van der Waals surface area (Å²) in [5.74, 6) is -1.97. The molecular weight excluding hydrogens is 348 g/mol. The summed E-state index contributed by atoms with van der Waals surface area (Å²) in [6, 6.07) is 1.17. The van der Waals surface area contributed by atoms with Crippen molar-refractivity contribution in [3.8, 4) is 11.8 Å². The number of rotatable bonds is 6. The predicted octanol–water partition coefficient (Wildman–Crippen LogP) is 1.02. The van der Waals surface area contributed by atoms with Crippen LogP contribution in [-0.4, -0.2) is 64.6 Å². The second kappa shape index (κ2) is 7.17. The molecule has 2 aromatic rings. The zero-order valence-corrected chi connectivity index (χ0v) is 14.5. The minimum atomic E-state index is -1.22. The Labute approximate surface area is 147 Å². The lowest BCUT2D eigenvalue weighted by atomic mass is 10.0. The van der Waals surface area contributed by atoms with Gasteiger partial charge >= 0.3 is 5.97 Å². The lowest BCUT2D eigenvalue weighted by molar-refractivity contribution is -0.385. The number of nitrogens with zero attached hydrogens (tertiary/aromatic N) is 4. The van der Waals surface area contributed by atoms with Crippen molar-refractivity contribution in [2.75, 3.05) is 27.8 Å². The number of benzene rings is 1. The van der Waals surface area contributed by atoms with Gasteiger partial charge in [0.05, 0.1) is 24.7 Å². The van der Waals surface area contributed by atoms with E-state index >= 15 is 0 Å². The van der Waals surface area contributed by atoms with Crippen LogP contribution in [-0.2, 0) is 4.79 Å². The van der Waals surface area contributed by atoms with Gasteiger partial charge in [-0.25, -0.2) is 9.97 Å². The molecule has 138 valence electrons. The number of carbonyl (C=O) groups excluding carboxylic acids is 1. The normalized spacial score (nSPS) is 10.5. The fourth-order valence-corrected chi connectivity index (χ4v) is 2.43. The highest BCUT2D eigenvalue weighted by molar-refractivity contribution is 6.08. The lowest BCUT2D eigenvalue weighted by Gasteiger charge is -2.17. The number of likely N-dealkylation sites (N-methyl/N-ethyl adjacent to an activating group) is 1. The number of ether oxygens (including phenoxy) is 2. The minimum Gasteiger partial charge on any atom is -0.480 e. The molecule has 1 heterocycles. The number of carboxylic acids is 1. The summed E-state index contributed by atoms with van der Waals surface area (Å²) in [7, 11) is 3.93. The monoisotopic (exact) mass is 364 g/mol. The Balaban J connectivity index is 2.83. The molecule has 0 saturated carbocycles. The smallest absolute Gasteiger partial charge is 0.323 e. The van der Waals surface area contributed by atoms with Crippen molar-refractivity contribution in [2.45, 2.75) is 6.92 Å². The molecule has 0 spiro atoms. The third-order valence-electron chi connectivity index (χ3n) is 3.65. The summed E-state index contributed by atoms with van der Waals surface area (Å²) in [4.78, 5) is 43.5. The lowest BCUT2D eigenvalue weighted by Crippen LogP contribution is -2.32. The maximum Gasteiger partial charge on any atom is 0.323 e. The van der Waals surface area contributed by atoms with Gasteiger partial charge in [0.25, 0.3) is 23.4 Å². The number of carboxylic acid groups (broad SMARTS) is 1. The fraction of sp³-hybridized carbons (Fsp3) is 0.333. The summed E-state index contributed by atoms with van der Waals surface area (Å²) < 4.78 is 10.1. The molecule has 0 aliphatic rings. The Morgan fingerprint density at radius 3 is 2.35 bits per heavy atom. The van der Waals surface area contributed by atoms with E-state index in [-0.39, 0.29) is 39.6 Å². The van der Waals surface area contributed by atoms with Crippen LogP contribution in [0.2, 0.25) is 0 Å². The van der Waals surface area contributed by atoms with E-state index in [4.69, 9.17) is 14.6 Å². The number of amides is 1. The molecule has 11 heteroatoms. The molecule has 1 amide bonds. The first-order valence-corrected chi connectivity index (χ1v) is 7.26. The van der Waals surface area contributed by atoms with Gasteiger partial charge in [-0.15, -0.1) is 0 Å². The van der Waals surface area contributed by atoms with Crippen LogP contribution >= 0.6 is 0 Å². The first-order valence-electron chi connectivity index (χ1n) is 7.26. The second-order valence-corrected chi connectivity index (χ2v) is 5.32. The van der Waals surface area contributed by atoms with Gasteiger partial charge in [-0.05, 0) is 6.92 Å². The van der Waals surface area contributed by atoms with Crippen LogP contribution in [0.15, 0.2) is 6.07 Å². The Morgan fingerprint density at radius 2 is 1.85 bits per heavy atom. The van der Waals surface area contributed by atoms with Crippen LogP contribution in [0.3, 0.4) is 0 Å². The van der Waals surface area contributed by atoms with Crippen LogP contribution in [0.5, 0.6) is 11.8 Å². The van der Waals surface area contributed by atoms with Crippen molar-refractivity contribution in [3.05, 3.63) is 27.3 Å². The predicted molar refractivity (Wildman–Crippen MR) is 88.6 cm³/mol. The van der Waals surface area contributed by atoms with Gasteiger partial charge in [-0.1, -0.05) is 0 Å². The first kappa shape index (κ1) is 18.8. The van der Waals surface area contributed by atoms with E-state index in [9.17, 15) is 19.7 Å². The third kappa shape index (κ3) is 3.31. The summed E-state index contributed by atoms with van der Waals surface area (Å²) in [5.41, 5.74) is -0.316. The number of aliphatic carboxylic acids is 1. The number of fused-ring (bicyclic) bond motifs is 1. The molecule has 1 N–H and O–H groups in total. The molecule has 0 bridgehead atoms. The largest absolute Gasteiger partial charge is 0.480 e. The van der Waals surface area contributed by atoms with Crippen LogP contribution in [0.1, 0.15) is 15.9 Å². The van der Waals surface area contributed by atoms with Gasteiger partial charge in [0, 0.05) is 18.7 Å². The summed E-state index contributed by atoms with van der Waals surface area (Å²) in [6.07, 6.45) is 0. The maximum absolute atomic E-state index is 12.7. The number of aromatic nitrogens is 2. The third-order valence-corrected chi connectivity index (χ3v) is 3.65. The standard InChI is InChI=1S/C15H16N4O7/c1-7-9(19(23)24)5-8-12(17-14(26-4)13(16-8)25-3)11(7)15(22)18(2)6-10(20)21/h5H,6H2,1-4H3,(H,20,21). The zero-order chi connectivity index (χ0) is 19.6. The Kier molecular flexibility index (Phi) is 5.19. The molecule has 0 saturated heterocycles. The molecule has 11 nitrogen and oxygen atoms in total. The van der Waals surface area contributed by atoms with E-state index in [0.29, 0.717) is 0 Å². The van der Waals surface area contributed by atoms with Gasteiger partial charge < -0.3 is 19.5 Å². The number of hydrogen-bond donors (Lipinski definition) is 1. The molecule has 0 atom stereocenters. The van der Waals surface area contributed by atoms with Crippen LogP contribution in [0, 0.1) is 17.0 Å². The molecule has 0 aliphatic heterocycles. The number of methoxy groups -OCH3 is 2. The van der Waals surface area contributed by atoms with Crippen LogP contribution in [0.25, 0.3) is 11.0 Å². The van der Waals surface area contributed by atoms with Crippen molar-refractivity contribution < 1.29 is 29.1 Å². The van der Waals surface area contributed by atoms with Crippen molar-refractivity contribution in [1.29, 1.82) is 0 Å². The zero-order valence-electron chi connectivity index (χ0n) is 14.5. The van der Waals surface area contributed by atoms with Crippen molar-refractivity contribution in [3.63, 3.8) is 0 Å². The van der Waals surface area contributed by atoms with Gasteiger partial charge in [0.1, 0.15) is 17.6 Å². The first-order chi connectivity index (χ1) is 12.2. The van der Waals surface area contributed by atoms with Gasteiger partial charge in [0.2, 0.25) is 0 Å². The number of nitro groups is 1. The van der Waals surface area contributed by atoms with E-state index in [2.05, 4.69) is 9.97 Å². The van der Waals surface area contributed by atoms with E-state index < -0.39 is 23.3 Å². The molecule has 1 aromatic heterocycles. The fourth-order valence-electron chi connectivity index (χ4n) is 2.43. The molecule has 0 radical (unpaired) electrons. The Morgan fingerprint density at radius 1 is 1.27 bits per heavy atom. The average Bonchev–Trinajstić information content (AvgIpc) is 2.58. The average molecular weight is 364 g/mol. The molecule has 2 rings (SSSR count). The summed E-state index contributed by atoms with van der Waals surface area (Å²) in [5, 5.41) is 20.2. The Hall–Kier alpha value is -3.50. The van der Waals surface area contributed by atoms with Crippen LogP contribution in [0.4, 0.5) is 5.69 Å². The molecule has 0 fully saturated rings. The second-order valence-electron chi connectivity index (χ2n) is 5.32. The Bertz CT molecular complexity index is 913. The summed E-state index contributed by atoms with van der Waals surface area (Å²) >= 11 is 0. The van der Waals surface area contributed by atoms with Crippen molar-refractivity contribution in [1.82, 2.24) is 14.9 Å².